The van der Waals surface area contributed by atoms with Crippen LogP contribution in [0.3, 0.4) is 0 Å². The van der Waals surface area contributed by atoms with E-state index in [0.717, 1.165) is 62.7 Å². The number of nitrogens with zero attached hydrogens (tertiary/aromatic N) is 2. The average Bonchev–Trinajstić information content (AvgIpc) is 2.58. The summed E-state index contributed by atoms with van der Waals surface area (Å²) in [6.07, 6.45) is 2.54. The summed E-state index contributed by atoms with van der Waals surface area (Å²) >= 11 is 0. The van der Waals surface area contributed by atoms with Gasteiger partial charge in [-0.1, -0.05) is 6.07 Å². The van der Waals surface area contributed by atoms with Gasteiger partial charge in [0.2, 0.25) is 0 Å². The number of hydrogen-bond acceptors (Lipinski definition) is 3. The molecule has 0 saturated carbocycles. The number of ether oxygens (including phenoxy) is 1. The Morgan fingerprint density at radius 1 is 1.23 bits per heavy atom. The van der Waals surface area contributed by atoms with E-state index < -0.39 is 0 Å². The van der Waals surface area contributed by atoms with Crippen molar-refractivity contribution in [3.63, 3.8) is 0 Å². The van der Waals surface area contributed by atoms with Gasteiger partial charge in [-0.25, -0.2) is 4.39 Å². The number of benzene rings is 1. The monoisotopic (exact) mass is 364 g/mol. The molecule has 0 aliphatic carbocycles. The highest BCUT2D eigenvalue weighted by atomic mass is 19.1. The molecule has 0 spiro atoms. The zero-order valence-corrected chi connectivity index (χ0v) is 16.5. The molecule has 2 atom stereocenters. The zero-order chi connectivity index (χ0) is 18.9. The van der Waals surface area contributed by atoms with E-state index in [1.807, 2.05) is 13.0 Å². The van der Waals surface area contributed by atoms with Crippen molar-refractivity contribution >= 4 is 5.96 Å². The second kappa shape index (κ2) is 10.5. The molecule has 2 N–H and O–H groups in total. The third-order valence-electron chi connectivity index (χ3n) is 4.65. The van der Waals surface area contributed by atoms with Gasteiger partial charge in [-0.2, -0.15) is 0 Å². The Morgan fingerprint density at radius 3 is 2.58 bits per heavy atom. The second-order valence-electron chi connectivity index (χ2n) is 7.12. The Hall–Kier alpha value is -1.66. The first-order chi connectivity index (χ1) is 12.5. The lowest BCUT2D eigenvalue weighted by Gasteiger charge is -2.35. The summed E-state index contributed by atoms with van der Waals surface area (Å²) in [5, 5.41) is 6.69. The van der Waals surface area contributed by atoms with Crippen molar-refractivity contribution in [2.24, 2.45) is 4.99 Å². The molecule has 1 fully saturated rings. The Bertz CT molecular complexity index is 583. The lowest BCUT2D eigenvalue weighted by Crippen LogP contribution is -2.46. The molecule has 1 heterocycles. The van der Waals surface area contributed by atoms with Crippen LogP contribution in [0.2, 0.25) is 0 Å². The van der Waals surface area contributed by atoms with Crippen LogP contribution in [0.5, 0.6) is 0 Å². The maximum Gasteiger partial charge on any atom is 0.190 e. The Kier molecular flexibility index (Phi) is 8.32. The van der Waals surface area contributed by atoms with Gasteiger partial charge in [-0.15, -0.1) is 0 Å². The van der Waals surface area contributed by atoms with E-state index in [-0.39, 0.29) is 5.82 Å². The molecule has 0 amide bonds. The quantitative estimate of drug-likeness (QED) is 0.443. The molecule has 0 bridgehead atoms. The first kappa shape index (κ1) is 20.6. The topological polar surface area (TPSA) is 48.9 Å². The molecule has 26 heavy (non-hydrogen) atoms. The van der Waals surface area contributed by atoms with Crippen LogP contribution in [0.1, 0.15) is 31.4 Å². The molecule has 1 aromatic carbocycles. The lowest BCUT2D eigenvalue weighted by atomic mass is 10.1. The van der Waals surface area contributed by atoms with Gasteiger partial charge in [0.1, 0.15) is 5.82 Å². The van der Waals surface area contributed by atoms with Crippen LogP contribution >= 0.6 is 0 Å². The van der Waals surface area contributed by atoms with Crippen LogP contribution in [0, 0.1) is 12.7 Å². The predicted octanol–water partition coefficient (Wildman–Crippen LogP) is 2.34. The van der Waals surface area contributed by atoms with Crippen molar-refractivity contribution in [3.05, 3.63) is 35.1 Å². The molecular weight excluding hydrogens is 331 g/mol. The third kappa shape index (κ3) is 6.92. The molecule has 2 unspecified atom stereocenters. The van der Waals surface area contributed by atoms with Crippen molar-refractivity contribution in [1.82, 2.24) is 15.5 Å². The van der Waals surface area contributed by atoms with Crippen molar-refractivity contribution in [1.29, 1.82) is 0 Å². The number of nitrogens with one attached hydrogen (secondary N) is 2. The summed E-state index contributed by atoms with van der Waals surface area (Å²) in [6.45, 7) is 10.9. The van der Waals surface area contributed by atoms with Gasteiger partial charge < -0.3 is 15.4 Å². The molecule has 5 nitrogen and oxygen atoms in total. The largest absolute Gasteiger partial charge is 0.373 e. The van der Waals surface area contributed by atoms with Crippen LogP contribution in [0.4, 0.5) is 4.39 Å². The van der Waals surface area contributed by atoms with Crippen molar-refractivity contribution in [3.8, 4) is 0 Å². The van der Waals surface area contributed by atoms with E-state index in [0.29, 0.717) is 12.2 Å². The van der Waals surface area contributed by atoms with Crippen molar-refractivity contribution in [2.45, 2.75) is 45.8 Å². The fourth-order valence-electron chi connectivity index (χ4n) is 3.45. The summed E-state index contributed by atoms with van der Waals surface area (Å²) < 4.78 is 18.9. The predicted molar refractivity (Wildman–Crippen MR) is 105 cm³/mol. The Morgan fingerprint density at radius 2 is 1.92 bits per heavy atom. The minimum Gasteiger partial charge on any atom is -0.373 e. The van der Waals surface area contributed by atoms with Crippen LogP contribution in [-0.2, 0) is 11.2 Å². The molecule has 2 rings (SSSR count). The lowest BCUT2D eigenvalue weighted by molar-refractivity contribution is -0.0679. The third-order valence-corrected chi connectivity index (χ3v) is 4.65. The fraction of sp³-hybridized carbons (Fsp3) is 0.650. The number of morpholine rings is 1. The highest BCUT2D eigenvalue weighted by molar-refractivity contribution is 5.79. The molecule has 1 aliphatic heterocycles. The number of hydrogen-bond donors (Lipinski definition) is 2. The SMILES string of the molecule is CN=C(NCCCN1CC(C)OC(C)C1)NCCc1ccc(F)cc1C. The van der Waals surface area contributed by atoms with Crippen LogP contribution in [0.15, 0.2) is 23.2 Å². The maximum absolute atomic E-state index is 13.1. The molecular formula is C20H33FN4O. The van der Waals surface area contributed by atoms with Gasteiger partial charge in [-0.05, 0) is 56.9 Å². The van der Waals surface area contributed by atoms with Gasteiger partial charge in [-0.3, -0.25) is 9.89 Å². The molecule has 1 aliphatic rings. The maximum atomic E-state index is 13.1. The summed E-state index contributed by atoms with van der Waals surface area (Å²) in [7, 11) is 1.78. The van der Waals surface area contributed by atoms with Crippen LogP contribution < -0.4 is 10.6 Å². The van der Waals surface area contributed by atoms with Crippen LogP contribution in [-0.4, -0.2) is 62.8 Å². The van der Waals surface area contributed by atoms with E-state index in [4.69, 9.17) is 4.74 Å². The normalized spacial score (nSPS) is 21.7. The van der Waals surface area contributed by atoms with Gasteiger partial charge in [0, 0.05) is 39.8 Å². The number of halogens is 1. The number of rotatable bonds is 7. The Balaban J connectivity index is 1.63. The molecule has 1 saturated heterocycles. The van der Waals surface area contributed by atoms with Gasteiger partial charge in [0.05, 0.1) is 12.2 Å². The zero-order valence-electron chi connectivity index (χ0n) is 16.5. The number of guanidine groups is 1. The standard InChI is InChI=1S/C20H33FN4O/c1-15-12-19(21)7-6-18(15)8-10-24-20(22-4)23-9-5-11-25-13-16(2)26-17(3)14-25/h6-7,12,16-17H,5,8-11,13-14H2,1-4H3,(H2,22,23,24). The summed E-state index contributed by atoms with van der Waals surface area (Å²) in [5.41, 5.74) is 2.15. The van der Waals surface area contributed by atoms with E-state index in [1.54, 1.807) is 13.1 Å². The summed E-state index contributed by atoms with van der Waals surface area (Å²) in [5.74, 6) is 0.634. The number of aliphatic imine (C=N–C) groups is 1. The van der Waals surface area contributed by atoms with Gasteiger partial charge in [0.25, 0.3) is 0 Å². The molecule has 146 valence electrons. The minimum absolute atomic E-state index is 0.180. The van der Waals surface area contributed by atoms with E-state index >= 15 is 0 Å². The van der Waals surface area contributed by atoms with Crippen molar-refractivity contribution < 1.29 is 9.13 Å². The van der Waals surface area contributed by atoms with E-state index in [2.05, 4.69) is 34.4 Å². The average molecular weight is 365 g/mol. The minimum atomic E-state index is -0.180. The first-order valence-electron chi connectivity index (χ1n) is 9.55. The number of aryl methyl sites for hydroxylation is 1. The van der Waals surface area contributed by atoms with E-state index in [1.165, 1.54) is 6.07 Å². The molecule has 6 heteroatoms. The van der Waals surface area contributed by atoms with Crippen molar-refractivity contribution in [2.75, 3.05) is 39.8 Å². The molecule has 1 aromatic rings. The molecule has 0 aromatic heterocycles. The first-order valence-corrected chi connectivity index (χ1v) is 9.55. The van der Waals surface area contributed by atoms with E-state index in [9.17, 15) is 4.39 Å². The summed E-state index contributed by atoms with van der Waals surface area (Å²) in [4.78, 5) is 6.73. The van der Waals surface area contributed by atoms with Gasteiger partial charge in [0.15, 0.2) is 5.96 Å². The smallest absolute Gasteiger partial charge is 0.190 e. The second-order valence-corrected chi connectivity index (χ2v) is 7.12. The van der Waals surface area contributed by atoms with Gasteiger partial charge >= 0.3 is 0 Å². The summed E-state index contributed by atoms with van der Waals surface area (Å²) in [6, 6.07) is 4.95. The van der Waals surface area contributed by atoms with Crippen LogP contribution in [0.25, 0.3) is 0 Å². The Labute approximate surface area is 157 Å². The highest BCUT2D eigenvalue weighted by Gasteiger charge is 2.21. The highest BCUT2D eigenvalue weighted by Crippen LogP contribution is 2.11. The fourth-order valence-corrected chi connectivity index (χ4v) is 3.45. The molecule has 0 radical (unpaired) electrons.